The third kappa shape index (κ3) is 6.39. The summed E-state index contributed by atoms with van der Waals surface area (Å²) in [4.78, 5) is 2.45. The SMILES string of the molecule is CCC(C)N(C)CC(C)CNC(C)C. The van der Waals surface area contributed by atoms with Gasteiger partial charge in [0.2, 0.25) is 0 Å². The number of nitrogens with one attached hydrogen (secondary N) is 1. The van der Waals surface area contributed by atoms with E-state index in [0.29, 0.717) is 12.1 Å². The molecule has 2 heteroatoms. The van der Waals surface area contributed by atoms with Crippen LogP contribution in [0.4, 0.5) is 0 Å². The fraction of sp³-hybridized carbons (Fsp3) is 1.00. The molecule has 0 radical (unpaired) electrons. The van der Waals surface area contributed by atoms with Crippen LogP contribution < -0.4 is 5.32 Å². The molecule has 0 saturated heterocycles. The highest BCUT2D eigenvalue weighted by atomic mass is 15.1. The second-order valence-electron chi connectivity index (χ2n) is 4.86. The quantitative estimate of drug-likeness (QED) is 0.678. The molecule has 1 N–H and O–H groups in total. The second-order valence-corrected chi connectivity index (χ2v) is 4.86. The van der Waals surface area contributed by atoms with Gasteiger partial charge < -0.3 is 10.2 Å². The van der Waals surface area contributed by atoms with E-state index in [1.54, 1.807) is 0 Å². The molecule has 0 aliphatic carbocycles. The molecule has 0 aromatic carbocycles. The summed E-state index contributed by atoms with van der Waals surface area (Å²) in [7, 11) is 2.22. The van der Waals surface area contributed by atoms with E-state index in [1.807, 2.05) is 0 Å². The van der Waals surface area contributed by atoms with Crippen LogP contribution in [0, 0.1) is 5.92 Å². The van der Waals surface area contributed by atoms with Gasteiger partial charge >= 0.3 is 0 Å². The molecule has 0 aliphatic rings. The lowest BCUT2D eigenvalue weighted by Crippen LogP contribution is -2.37. The van der Waals surface area contributed by atoms with Gasteiger partial charge in [-0.3, -0.25) is 0 Å². The van der Waals surface area contributed by atoms with Crippen molar-refractivity contribution in [1.29, 1.82) is 0 Å². The predicted molar refractivity (Wildman–Crippen MR) is 64.7 cm³/mol. The van der Waals surface area contributed by atoms with E-state index in [1.165, 1.54) is 13.0 Å². The molecule has 0 fully saturated rings. The standard InChI is InChI=1S/C12H28N2/c1-7-12(5)14(6)9-11(4)8-13-10(2)3/h10-13H,7-9H2,1-6H3. The van der Waals surface area contributed by atoms with Crippen molar-refractivity contribution in [1.82, 2.24) is 10.2 Å². The average Bonchev–Trinajstić information content (AvgIpc) is 2.13. The van der Waals surface area contributed by atoms with E-state index in [0.717, 1.165) is 12.5 Å². The number of hydrogen-bond donors (Lipinski definition) is 1. The molecule has 0 heterocycles. The van der Waals surface area contributed by atoms with Crippen molar-refractivity contribution in [3.05, 3.63) is 0 Å². The molecular formula is C12H28N2. The average molecular weight is 200 g/mol. The van der Waals surface area contributed by atoms with Gasteiger partial charge in [-0.05, 0) is 32.9 Å². The summed E-state index contributed by atoms with van der Waals surface area (Å²) in [5.74, 6) is 0.733. The third-order valence-corrected chi connectivity index (χ3v) is 2.82. The van der Waals surface area contributed by atoms with E-state index < -0.39 is 0 Å². The minimum absolute atomic E-state index is 0.603. The lowest BCUT2D eigenvalue weighted by Gasteiger charge is -2.27. The van der Waals surface area contributed by atoms with Crippen molar-refractivity contribution in [2.24, 2.45) is 5.92 Å². The molecular weight excluding hydrogens is 172 g/mol. The summed E-state index contributed by atoms with van der Waals surface area (Å²) in [6, 6.07) is 1.31. The maximum Gasteiger partial charge on any atom is 0.00613 e. The van der Waals surface area contributed by atoms with E-state index in [2.05, 4.69) is 51.9 Å². The zero-order valence-corrected chi connectivity index (χ0v) is 10.8. The van der Waals surface area contributed by atoms with Crippen molar-refractivity contribution < 1.29 is 0 Å². The Labute approximate surface area is 90.1 Å². The van der Waals surface area contributed by atoms with Crippen LogP contribution in [0.5, 0.6) is 0 Å². The maximum atomic E-state index is 3.48. The minimum atomic E-state index is 0.603. The highest BCUT2D eigenvalue weighted by molar-refractivity contribution is 4.67. The molecule has 2 atom stereocenters. The third-order valence-electron chi connectivity index (χ3n) is 2.82. The van der Waals surface area contributed by atoms with Gasteiger partial charge in [-0.1, -0.05) is 27.7 Å². The first kappa shape index (κ1) is 13.9. The summed E-state index contributed by atoms with van der Waals surface area (Å²) in [5, 5.41) is 3.48. The first-order valence-corrected chi connectivity index (χ1v) is 5.91. The number of nitrogens with zero attached hydrogens (tertiary/aromatic N) is 1. The van der Waals surface area contributed by atoms with Gasteiger partial charge in [-0.25, -0.2) is 0 Å². The van der Waals surface area contributed by atoms with Crippen LogP contribution in [0.3, 0.4) is 0 Å². The van der Waals surface area contributed by atoms with Crippen LogP contribution >= 0.6 is 0 Å². The monoisotopic (exact) mass is 200 g/mol. The molecule has 0 aliphatic heterocycles. The van der Waals surface area contributed by atoms with Crippen LogP contribution in [-0.4, -0.2) is 37.1 Å². The zero-order chi connectivity index (χ0) is 11.1. The number of hydrogen-bond acceptors (Lipinski definition) is 2. The largest absolute Gasteiger partial charge is 0.314 e. The van der Waals surface area contributed by atoms with Crippen molar-refractivity contribution in [2.75, 3.05) is 20.1 Å². The summed E-state index contributed by atoms with van der Waals surface area (Å²) in [6.07, 6.45) is 1.24. The molecule has 0 saturated carbocycles. The Morgan fingerprint density at radius 1 is 1.14 bits per heavy atom. The van der Waals surface area contributed by atoms with Crippen LogP contribution in [0.15, 0.2) is 0 Å². The molecule has 14 heavy (non-hydrogen) atoms. The lowest BCUT2D eigenvalue weighted by molar-refractivity contribution is 0.216. The Balaban J connectivity index is 3.65. The van der Waals surface area contributed by atoms with Crippen molar-refractivity contribution in [2.45, 2.75) is 53.1 Å². The molecule has 0 aromatic rings. The highest BCUT2D eigenvalue weighted by Crippen LogP contribution is 2.04. The summed E-state index contributed by atoms with van der Waals surface area (Å²) in [5.41, 5.74) is 0. The Hall–Kier alpha value is -0.0800. The molecule has 0 rings (SSSR count). The normalized spacial score (nSPS) is 16.3. The first-order valence-electron chi connectivity index (χ1n) is 5.91. The van der Waals surface area contributed by atoms with E-state index >= 15 is 0 Å². The molecule has 86 valence electrons. The second kappa shape index (κ2) is 7.24. The van der Waals surface area contributed by atoms with Gasteiger partial charge in [-0.2, -0.15) is 0 Å². The van der Waals surface area contributed by atoms with Gasteiger partial charge in [0.15, 0.2) is 0 Å². The first-order chi connectivity index (χ1) is 6.47. The fourth-order valence-corrected chi connectivity index (χ4v) is 1.48. The van der Waals surface area contributed by atoms with E-state index in [-0.39, 0.29) is 0 Å². The summed E-state index contributed by atoms with van der Waals surface area (Å²) >= 11 is 0. The van der Waals surface area contributed by atoms with Crippen LogP contribution in [0.25, 0.3) is 0 Å². The van der Waals surface area contributed by atoms with Crippen molar-refractivity contribution in [3.63, 3.8) is 0 Å². The van der Waals surface area contributed by atoms with Crippen molar-refractivity contribution >= 4 is 0 Å². The molecule has 2 unspecified atom stereocenters. The minimum Gasteiger partial charge on any atom is -0.314 e. The summed E-state index contributed by atoms with van der Waals surface area (Å²) < 4.78 is 0. The van der Waals surface area contributed by atoms with Crippen LogP contribution in [0.1, 0.15) is 41.0 Å². The Morgan fingerprint density at radius 3 is 2.14 bits per heavy atom. The topological polar surface area (TPSA) is 15.3 Å². The van der Waals surface area contributed by atoms with Crippen LogP contribution in [0.2, 0.25) is 0 Å². The highest BCUT2D eigenvalue weighted by Gasteiger charge is 2.10. The Bertz CT molecular complexity index is 134. The van der Waals surface area contributed by atoms with Gasteiger partial charge in [0, 0.05) is 18.6 Å². The predicted octanol–water partition coefficient (Wildman–Crippen LogP) is 2.35. The molecule has 0 amide bonds. The van der Waals surface area contributed by atoms with E-state index in [9.17, 15) is 0 Å². The smallest absolute Gasteiger partial charge is 0.00613 e. The zero-order valence-electron chi connectivity index (χ0n) is 10.8. The molecule has 0 spiro atoms. The summed E-state index contributed by atoms with van der Waals surface area (Å²) in [6.45, 7) is 13.6. The van der Waals surface area contributed by atoms with Gasteiger partial charge in [-0.15, -0.1) is 0 Å². The van der Waals surface area contributed by atoms with E-state index in [4.69, 9.17) is 0 Å². The van der Waals surface area contributed by atoms with Crippen LogP contribution in [-0.2, 0) is 0 Å². The fourth-order valence-electron chi connectivity index (χ4n) is 1.48. The van der Waals surface area contributed by atoms with Gasteiger partial charge in [0.05, 0.1) is 0 Å². The van der Waals surface area contributed by atoms with Gasteiger partial charge in [0.1, 0.15) is 0 Å². The Kier molecular flexibility index (Phi) is 7.20. The van der Waals surface area contributed by atoms with Crippen molar-refractivity contribution in [3.8, 4) is 0 Å². The molecule has 2 nitrogen and oxygen atoms in total. The lowest BCUT2D eigenvalue weighted by atomic mass is 10.1. The Morgan fingerprint density at radius 2 is 1.71 bits per heavy atom. The molecule has 0 aromatic heterocycles. The molecule has 0 bridgehead atoms. The van der Waals surface area contributed by atoms with Gasteiger partial charge in [0.25, 0.3) is 0 Å². The number of rotatable bonds is 7. The maximum absolute atomic E-state index is 3.48.